The van der Waals surface area contributed by atoms with E-state index in [2.05, 4.69) is 27.7 Å². The van der Waals surface area contributed by atoms with Gasteiger partial charge in [0.2, 0.25) is 0 Å². The van der Waals surface area contributed by atoms with Crippen molar-refractivity contribution < 1.29 is 4.74 Å². The van der Waals surface area contributed by atoms with E-state index in [9.17, 15) is 0 Å². The average Bonchev–Trinajstić information content (AvgIpc) is 2.11. The molecule has 0 radical (unpaired) electrons. The Hall–Kier alpha value is -0.0400. The summed E-state index contributed by atoms with van der Waals surface area (Å²) in [6.07, 6.45) is 1.71. The van der Waals surface area contributed by atoms with Crippen molar-refractivity contribution in [2.24, 2.45) is 11.3 Å². The molecule has 1 heterocycles. The molecule has 0 spiro atoms. The van der Waals surface area contributed by atoms with Crippen LogP contribution >= 0.6 is 0 Å². The summed E-state index contributed by atoms with van der Waals surface area (Å²) in [5, 5.41) is 0. The second-order valence-electron chi connectivity index (χ2n) is 4.34. The molecule has 60 valence electrons. The van der Waals surface area contributed by atoms with Crippen LogP contribution in [0.3, 0.4) is 0 Å². The van der Waals surface area contributed by atoms with Crippen LogP contribution in [0.25, 0.3) is 0 Å². The van der Waals surface area contributed by atoms with Crippen LogP contribution in [0.15, 0.2) is 0 Å². The Bertz CT molecular complexity index is 112. The quantitative estimate of drug-likeness (QED) is 0.505. The fourth-order valence-electron chi connectivity index (χ4n) is 1.87. The Morgan fingerprint density at radius 2 is 1.90 bits per heavy atom. The predicted molar refractivity (Wildman–Crippen MR) is 43.0 cm³/mol. The van der Waals surface area contributed by atoms with Gasteiger partial charge in [-0.1, -0.05) is 20.8 Å². The van der Waals surface area contributed by atoms with Gasteiger partial charge in [0.25, 0.3) is 0 Å². The van der Waals surface area contributed by atoms with E-state index in [1.54, 1.807) is 0 Å². The zero-order valence-corrected chi connectivity index (χ0v) is 7.48. The molecule has 1 aliphatic heterocycles. The third kappa shape index (κ3) is 1.51. The molecule has 0 aliphatic carbocycles. The number of rotatable bonds is 0. The molecular weight excluding hydrogens is 124 g/mol. The summed E-state index contributed by atoms with van der Waals surface area (Å²) in [6, 6.07) is 0. The molecular formula is C9H18O. The fraction of sp³-hybridized carbons (Fsp3) is 1.00. The third-order valence-corrected chi connectivity index (χ3v) is 2.49. The van der Waals surface area contributed by atoms with Gasteiger partial charge in [0.05, 0.1) is 6.10 Å². The Morgan fingerprint density at radius 3 is 2.10 bits per heavy atom. The zero-order chi connectivity index (χ0) is 7.78. The Kier molecular flexibility index (Phi) is 2.04. The molecule has 0 unspecified atom stereocenters. The van der Waals surface area contributed by atoms with E-state index in [-0.39, 0.29) is 0 Å². The molecule has 1 fully saturated rings. The Labute approximate surface area is 63.8 Å². The van der Waals surface area contributed by atoms with Crippen molar-refractivity contribution in [2.75, 3.05) is 6.61 Å². The van der Waals surface area contributed by atoms with E-state index in [0.717, 1.165) is 12.5 Å². The van der Waals surface area contributed by atoms with Gasteiger partial charge in [0, 0.05) is 6.61 Å². The third-order valence-electron chi connectivity index (χ3n) is 2.49. The molecule has 0 bridgehead atoms. The summed E-state index contributed by atoms with van der Waals surface area (Å²) >= 11 is 0. The first-order valence-electron chi connectivity index (χ1n) is 4.13. The van der Waals surface area contributed by atoms with Crippen LogP contribution in [0.2, 0.25) is 0 Å². The zero-order valence-electron chi connectivity index (χ0n) is 7.48. The largest absolute Gasteiger partial charge is 0.378 e. The second-order valence-corrected chi connectivity index (χ2v) is 4.34. The van der Waals surface area contributed by atoms with Gasteiger partial charge in [-0.25, -0.2) is 0 Å². The lowest BCUT2D eigenvalue weighted by molar-refractivity contribution is 0.0728. The van der Waals surface area contributed by atoms with Crippen LogP contribution in [0.5, 0.6) is 0 Å². The molecule has 0 aromatic carbocycles. The van der Waals surface area contributed by atoms with Crippen LogP contribution in [0.4, 0.5) is 0 Å². The molecule has 1 heteroatoms. The minimum Gasteiger partial charge on any atom is -0.378 e. The minimum absolute atomic E-state index is 0.427. The highest BCUT2D eigenvalue weighted by molar-refractivity contribution is 4.82. The van der Waals surface area contributed by atoms with Crippen molar-refractivity contribution in [1.82, 2.24) is 0 Å². The fourth-order valence-corrected chi connectivity index (χ4v) is 1.87. The molecule has 1 rings (SSSR count). The maximum Gasteiger partial charge on any atom is 0.0580 e. The van der Waals surface area contributed by atoms with E-state index in [0.29, 0.717) is 11.5 Å². The van der Waals surface area contributed by atoms with Crippen molar-refractivity contribution in [1.29, 1.82) is 0 Å². The Morgan fingerprint density at radius 1 is 1.30 bits per heavy atom. The predicted octanol–water partition coefficient (Wildman–Crippen LogP) is 2.46. The van der Waals surface area contributed by atoms with Gasteiger partial charge in [0.15, 0.2) is 0 Å². The molecule has 0 aromatic rings. The topological polar surface area (TPSA) is 9.23 Å². The summed E-state index contributed by atoms with van der Waals surface area (Å²) < 4.78 is 5.49. The average molecular weight is 142 g/mol. The molecule has 1 saturated heterocycles. The summed E-state index contributed by atoms with van der Waals surface area (Å²) in [6.45, 7) is 10.0. The first-order valence-corrected chi connectivity index (χ1v) is 4.13. The molecule has 2 atom stereocenters. The van der Waals surface area contributed by atoms with Crippen LogP contribution < -0.4 is 0 Å². The van der Waals surface area contributed by atoms with E-state index < -0.39 is 0 Å². The lowest BCUT2D eigenvalue weighted by Gasteiger charge is -2.28. The highest BCUT2D eigenvalue weighted by Gasteiger charge is 2.33. The van der Waals surface area contributed by atoms with Crippen LogP contribution in [-0.2, 0) is 4.74 Å². The highest BCUT2D eigenvalue weighted by Crippen LogP contribution is 2.36. The van der Waals surface area contributed by atoms with Crippen molar-refractivity contribution in [2.45, 2.75) is 40.2 Å². The Balaban J connectivity index is 2.55. The van der Waals surface area contributed by atoms with Crippen LogP contribution in [0, 0.1) is 11.3 Å². The molecule has 10 heavy (non-hydrogen) atoms. The van der Waals surface area contributed by atoms with Gasteiger partial charge < -0.3 is 4.74 Å². The van der Waals surface area contributed by atoms with E-state index in [1.165, 1.54) is 6.42 Å². The van der Waals surface area contributed by atoms with Crippen molar-refractivity contribution >= 4 is 0 Å². The minimum atomic E-state index is 0.427. The maximum absolute atomic E-state index is 5.49. The first-order chi connectivity index (χ1) is 4.52. The smallest absolute Gasteiger partial charge is 0.0580 e. The highest BCUT2D eigenvalue weighted by atomic mass is 16.5. The number of ether oxygens (including phenoxy) is 1. The van der Waals surface area contributed by atoms with Crippen molar-refractivity contribution in [3.05, 3.63) is 0 Å². The van der Waals surface area contributed by atoms with E-state index in [4.69, 9.17) is 4.74 Å². The molecule has 0 aromatic heterocycles. The molecule has 0 amide bonds. The van der Waals surface area contributed by atoms with Gasteiger partial charge >= 0.3 is 0 Å². The van der Waals surface area contributed by atoms with Gasteiger partial charge in [0.1, 0.15) is 0 Å². The first kappa shape index (κ1) is 8.06. The molecule has 0 saturated carbocycles. The standard InChI is InChI=1S/C9H18O/c1-7-8(5-6-10-7)9(2,3)4/h7-8H,5-6H2,1-4H3/t7-,8+/m0/s1. The van der Waals surface area contributed by atoms with Gasteiger partial charge in [-0.05, 0) is 24.7 Å². The monoisotopic (exact) mass is 142 g/mol. The van der Waals surface area contributed by atoms with Crippen molar-refractivity contribution in [3.8, 4) is 0 Å². The summed E-state index contributed by atoms with van der Waals surface area (Å²) in [7, 11) is 0. The van der Waals surface area contributed by atoms with Gasteiger partial charge in [-0.15, -0.1) is 0 Å². The maximum atomic E-state index is 5.49. The molecule has 1 nitrogen and oxygen atoms in total. The van der Waals surface area contributed by atoms with Crippen LogP contribution in [0.1, 0.15) is 34.1 Å². The number of hydrogen-bond acceptors (Lipinski definition) is 1. The van der Waals surface area contributed by atoms with Gasteiger partial charge in [-0.3, -0.25) is 0 Å². The summed E-state index contributed by atoms with van der Waals surface area (Å²) in [4.78, 5) is 0. The lowest BCUT2D eigenvalue weighted by atomic mass is 9.77. The van der Waals surface area contributed by atoms with Gasteiger partial charge in [-0.2, -0.15) is 0 Å². The molecule has 0 N–H and O–H groups in total. The SMILES string of the molecule is C[C@@H]1OCC[C@H]1C(C)(C)C. The van der Waals surface area contributed by atoms with E-state index in [1.807, 2.05) is 0 Å². The van der Waals surface area contributed by atoms with Crippen LogP contribution in [-0.4, -0.2) is 12.7 Å². The number of hydrogen-bond donors (Lipinski definition) is 0. The van der Waals surface area contributed by atoms with E-state index >= 15 is 0 Å². The molecule has 1 aliphatic rings. The van der Waals surface area contributed by atoms with Crippen molar-refractivity contribution in [3.63, 3.8) is 0 Å². The lowest BCUT2D eigenvalue weighted by Crippen LogP contribution is -2.26. The second kappa shape index (κ2) is 2.54. The summed E-state index contributed by atoms with van der Waals surface area (Å²) in [5.41, 5.74) is 0.427. The summed E-state index contributed by atoms with van der Waals surface area (Å²) in [5.74, 6) is 0.757. The normalized spacial score (nSPS) is 34.8.